The first kappa shape index (κ1) is 24.7. The van der Waals surface area contributed by atoms with Crippen molar-refractivity contribution in [3.8, 4) is 5.75 Å². The number of rotatable bonds is 11. The van der Waals surface area contributed by atoms with Crippen molar-refractivity contribution >= 4 is 23.6 Å². The fourth-order valence-electron chi connectivity index (χ4n) is 3.17. The van der Waals surface area contributed by atoms with Gasteiger partial charge in [0.05, 0.1) is 12.9 Å². The number of nitrogens with zero attached hydrogens (tertiary/aromatic N) is 1. The number of ether oxygens (including phenoxy) is 1. The number of halogens is 1. The summed E-state index contributed by atoms with van der Waals surface area (Å²) in [5, 5.41) is 2.91. The van der Waals surface area contributed by atoms with Gasteiger partial charge in [-0.1, -0.05) is 37.3 Å². The highest BCUT2D eigenvalue weighted by atomic mass is 32.2. The predicted octanol–water partition coefficient (Wildman–Crippen LogP) is 4.40. The monoisotopic (exact) mass is 446 g/mol. The topological polar surface area (TPSA) is 58.6 Å². The molecule has 0 bridgehead atoms. The van der Waals surface area contributed by atoms with Crippen molar-refractivity contribution in [3.63, 3.8) is 0 Å². The molecule has 2 amide bonds. The maximum absolute atomic E-state index is 13.9. The summed E-state index contributed by atoms with van der Waals surface area (Å²) in [6, 6.07) is 13.4. The smallest absolute Gasteiger partial charge is 0.243 e. The molecule has 5 nitrogen and oxygen atoms in total. The zero-order valence-corrected chi connectivity index (χ0v) is 19.4. The first-order chi connectivity index (χ1) is 14.8. The molecule has 1 N–H and O–H groups in total. The quantitative estimate of drug-likeness (QED) is 0.556. The van der Waals surface area contributed by atoms with Crippen LogP contribution in [0.15, 0.2) is 48.5 Å². The van der Waals surface area contributed by atoms with Crippen LogP contribution in [0.3, 0.4) is 0 Å². The lowest BCUT2D eigenvalue weighted by molar-refractivity contribution is -0.139. The molecule has 168 valence electrons. The SMILES string of the molecule is CC[C@H](C(=O)NC(C)C)N(Cc1ccc(OC)cc1)C(=O)CSCc1ccccc1F. The summed E-state index contributed by atoms with van der Waals surface area (Å²) in [5.74, 6) is 0.688. The standard InChI is InChI=1S/C24H31FN2O3S/c1-5-22(24(29)26-17(2)3)27(14-18-10-12-20(30-4)13-11-18)23(28)16-31-15-19-8-6-7-9-21(19)25/h6-13,17,22H,5,14-16H2,1-4H3,(H,26,29)/t22-/m1/s1. The van der Waals surface area contributed by atoms with Gasteiger partial charge in [-0.2, -0.15) is 0 Å². The molecular formula is C24H31FN2O3S. The zero-order valence-electron chi connectivity index (χ0n) is 18.6. The van der Waals surface area contributed by atoms with Gasteiger partial charge in [-0.25, -0.2) is 4.39 Å². The highest BCUT2D eigenvalue weighted by molar-refractivity contribution is 7.99. The molecule has 0 radical (unpaired) electrons. The minimum Gasteiger partial charge on any atom is -0.497 e. The van der Waals surface area contributed by atoms with Gasteiger partial charge in [0.1, 0.15) is 17.6 Å². The minimum absolute atomic E-state index is 0.0186. The van der Waals surface area contributed by atoms with Crippen LogP contribution < -0.4 is 10.1 Å². The van der Waals surface area contributed by atoms with Gasteiger partial charge >= 0.3 is 0 Å². The van der Waals surface area contributed by atoms with Crippen molar-refractivity contribution < 1.29 is 18.7 Å². The van der Waals surface area contributed by atoms with Crippen LogP contribution >= 0.6 is 11.8 Å². The number of hydrogen-bond acceptors (Lipinski definition) is 4. The van der Waals surface area contributed by atoms with E-state index in [1.54, 1.807) is 30.2 Å². The van der Waals surface area contributed by atoms with Gasteiger partial charge in [-0.15, -0.1) is 11.8 Å². The summed E-state index contributed by atoms with van der Waals surface area (Å²) in [6.07, 6.45) is 0.498. The number of amides is 2. The molecule has 0 heterocycles. The molecule has 1 atom stereocenters. The average Bonchev–Trinajstić information content (AvgIpc) is 2.74. The fraction of sp³-hybridized carbons (Fsp3) is 0.417. The van der Waals surface area contributed by atoms with Gasteiger partial charge in [-0.05, 0) is 49.6 Å². The second-order valence-electron chi connectivity index (χ2n) is 7.54. The van der Waals surface area contributed by atoms with Crippen LogP contribution in [0.25, 0.3) is 0 Å². The van der Waals surface area contributed by atoms with Crippen LogP contribution in [0.2, 0.25) is 0 Å². The van der Waals surface area contributed by atoms with Gasteiger partial charge in [0, 0.05) is 18.3 Å². The Balaban J connectivity index is 2.14. The Morgan fingerprint density at radius 1 is 1.13 bits per heavy atom. The normalized spacial score (nSPS) is 11.8. The highest BCUT2D eigenvalue weighted by Gasteiger charge is 2.28. The van der Waals surface area contributed by atoms with Crippen LogP contribution in [0.5, 0.6) is 5.75 Å². The maximum atomic E-state index is 13.9. The number of benzene rings is 2. The molecule has 0 unspecified atom stereocenters. The molecule has 0 aromatic heterocycles. The molecule has 0 fully saturated rings. The molecule has 0 aliphatic rings. The highest BCUT2D eigenvalue weighted by Crippen LogP contribution is 2.20. The Morgan fingerprint density at radius 3 is 2.39 bits per heavy atom. The maximum Gasteiger partial charge on any atom is 0.243 e. The molecular weight excluding hydrogens is 415 g/mol. The number of nitrogens with one attached hydrogen (secondary N) is 1. The number of carbonyl (C=O) groups excluding carboxylic acids is 2. The predicted molar refractivity (Wildman–Crippen MR) is 123 cm³/mol. The summed E-state index contributed by atoms with van der Waals surface area (Å²) in [5.41, 5.74) is 1.47. The third-order valence-electron chi connectivity index (χ3n) is 4.77. The number of thioether (sulfide) groups is 1. The van der Waals surface area contributed by atoms with E-state index in [1.165, 1.54) is 17.8 Å². The van der Waals surface area contributed by atoms with Crippen LogP contribution in [0, 0.1) is 5.82 Å². The van der Waals surface area contributed by atoms with Crippen LogP contribution in [-0.4, -0.2) is 41.7 Å². The van der Waals surface area contributed by atoms with E-state index in [4.69, 9.17) is 4.74 Å². The largest absolute Gasteiger partial charge is 0.497 e. The van der Waals surface area contributed by atoms with E-state index < -0.39 is 6.04 Å². The third kappa shape index (κ3) is 7.58. The van der Waals surface area contributed by atoms with Crippen LogP contribution in [0.4, 0.5) is 4.39 Å². The Kier molecular flexibility index (Phi) is 9.85. The zero-order chi connectivity index (χ0) is 22.8. The van der Waals surface area contributed by atoms with Crippen molar-refractivity contribution in [1.82, 2.24) is 10.2 Å². The molecule has 0 saturated heterocycles. The van der Waals surface area contributed by atoms with Gasteiger partial charge in [-0.3, -0.25) is 9.59 Å². The first-order valence-corrected chi connectivity index (χ1v) is 11.5. The number of methoxy groups -OCH3 is 1. The van der Waals surface area contributed by atoms with E-state index >= 15 is 0 Å². The van der Waals surface area contributed by atoms with Crippen LogP contribution in [-0.2, 0) is 21.9 Å². The minimum atomic E-state index is -0.578. The summed E-state index contributed by atoms with van der Waals surface area (Å²) >= 11 is 1.34. The second-order valence-corrected chi connectivity index (χ2v) is 8.53. The van der Waals surface area contributed by atoms with Gasteiger partial charge < -0.3 is 15.0 Å². The summed E-state index contributed by atoms with van der Waals surface area (Å²) < 4.78 is 19.1. The van der Waals surface area contributed by atoms with E-state index in [1.807, 2.05) is 45.0 Å². The molecule has 2 aromatic rings. The second kappa shape index (κ2) is 12.3. The molecule has 7 heteroatoms. The molecule has 0 spiro atoms. The molecule has 2 rings (SSSR count). The van der Waals surface area contributed by atoms with Crippen molar-refractivity contribution in [2.45, 2.75) is 51.6 Å². The first-order valence-electron chi connectivity index (χ1n) is 10.4. The van der Waals surface area contributed by atoms with E-state index in [2.05, 4.69) is 5.32 Å². The number of carbonyl (C=O) groups is 2. The lowest BCUT2D eigenvalue weighted by atomic mass is 10.1. The summed E-state index contributed by atoms with van der Waals surface area (Å²) in [7, 11) is 1.60. The Bertz CT molecular complexity index is 858. The van der Waals surface area contributed by atoms with Crippen LogP contribution in [0.1, 0.15) is 38.3 Å². The van der Waals surface area contributed by atoms with E-state index in [0.29, 0.717) is 24.3 Å². The molecule has 0 saturated carbocycles. The van der Waals surface area contributed by atoms with Crippen molar-refractivity contribution in [2.24, 2.45) is 0 Å². The fourth-order valence-corrected chi connectivity index (χ4v) is 4.07. The van der Waals surface area contributed by atoms with Crippen molar-refractivity contribution in [1.29, 1.82) is 0 Å². The molecule has 0 aliphatic heterocycles. The average molecular weight is 447 g/mol. The Morgan fingerprint density at radius 2 is 1.81 bits per heavy atom. The Hall–Kier alpha value is -2.54. The Labute approximate surface area is 188 Å². The van der Waals surface area contributed by atoms with Crippen molar-refractivity contribution in [2.75, 3.05) is 12.9 Å². The lowest BCUT2D eigenvalue weighted by Crippen LogP contribution is -2.50. The number of hydrogen-bond donors (Lipinski definition) is 1. The molecule has 0 aliphatic carbocycles. The van der Waals surface area contributed by atoms with E-state index in [-0.39, 0.29) is 29.4 Å². The van der Waals surface area contributed by atoms with Gasteiger partial charge in [0.15, 0.2) is 0 Å². The molecule has 31 heavy (non-hydrogen) atoms. The lowest BCUT2D eigenvalue weighted by Gasteiger charge is -2.31. The van der Waals surface area contributed by atoms with E-state index in [9.17, 15) is 14.0 Å². The van der Waals surface area contributed by atoms with Gasteiger partial charge in [0.25, 0.3) is 0 Å². The van der Waals surface area contributed by atoms with E-state index in [0.717, 1.165) is 11.3 Å². The molecule has 2 aromatic carbocycles. The summed E-state index contributed by atoms with van der Waals surface area (Å²) in [4.78, 5) is 27.5. The third-order valence-corrected chi connectivity index (χ3v) is 5.74. The van der Waals surface area contributed by atoms with Gasteiger partial charge in [0.2, 0.25) is 11.8 Å². The van der Waals surface area contributed by atoms with Crippen molar-refractivity contribution in [3.05, 3.63) is 65.5 Å². The summed E-state index contributed by atoms with van der Waals surface area (Å²) in [6.45, 7) is 5.99.